The van der Waals surface area contributed by atoms with E-state index in [0.717, 1.165) is 38.0 Å². The number of nitrogens with zero attached hydrogens (tertiary/aromatic N) is 2. The third kappa shape index (κ3) is 4.46. The van der Waals surface area contributed by atoms with Gasteiger partial charge >= 0.3 is 0 Å². The van der Waals surface area contributed by atoms with Gasteiger partial charge in [0.25, 0.3) is 5.91 Å². The number of rotatable bonds is 6. The fourth-order valence-corrected chi connectivity index (χ4v) is 3.16. The Labute approximate surface area is 148 Å². The number of aryl methyl sites for hydroxylation is 1. The molecule has 134 valence electrons. The van der Waals surface area contributed by atoms with Gasteiger partial charge in [0.15, 0.2) is 0 Å². The summed E-state index contributed by atoms with van der Waals surface area (Å²) in [5, 5.41) is 3.09. The van der Waals surface area contributed by atoms with Gasteiger partial charge in [0, 0.05) is 31.8 Å². The van der Waals surface area contributed by atoms with Crippen LogP contribution in [0.5, 0.6) is 0 Å². The number of amides is 1. The highest BCUT2D eigenvalue weighted by molar-refractivity contribution is 5.93. The van der Waals surface area contributed by atoms with Crippen LogP contribution in [-0.2, 0) is 4.74 Å². The molecular weight excluding hydrogens is 318 g/mol. The molecule has 1 aliphatic rings. The average molecular weight is 343 g/mol. The van der Waals surface area contributed by atoms with Crippen LogP contribution < -0.4 is 5.32 Å². The quantitative estimate of drug-likeness (QED) is 0.873. The first-order chi connectivity index (χ1) is 12.2. The Kier molecular flexibility index (Phi) is 5.83. The molecule has 1 aromatic carbocycles. The smallest absolute Gasteiger partial charge is 0.289 e. The van der Waals surface area contributed by atoms with E-state index < -0.39 is 0 Å². The molecule has 1 aliphatic heterocycles. The van der Waals surface area contributed by atoms with Crippen LogP contribution in [0.2, 0.25) is 0 Å². The van der Waals surface area contributed by atoms with Gasteiger partial charge in [-0.05, 0) is 38.4 Å². The van der Waals surface area contributed by atoms with Crippen molar-refractivity contribution in [3.63, 3.8) is 0 Å². The highest BCUT2D eigenvalue weighted by Gasteiger charge is 2.24. The number of carbonyl (C=O) groups excluding carboxylic acids is 1. The number of piperidine rings is 1. The van der Waals surface area contributed by atoms with Crippen LogP contribution in [0.3, 0.4) is 0 Å². The minimum Gasteiger partial charge on any atom is -0.431 e. The predicted octanol–water partition coefficient (Wildman–Crippen LogP) is 2.49. The van der Waals surface area contributed by atoms with Crippen molar-refractivity contribution >= 4 is 5.91 Å². The molecule has 0 radical (unpaired) electrons. The Bertz CT molecular complexity index is 699. The first kappa shape index (κ1) is 17.6. The standard InChI is InChI=1S/C19H25N3O3/c1-14-17(25-19(20-14)15-7-4-3-5-8-15)18(23)21-16-9-6-10-22(13-16)11-12-24-2/h3-5,7-8,16H,6,9-13H2,1-2H3,(H,21,23)/t16-/m0/s1. The second-order valence-corrected chi connectivity index (χ2v) is 6.41. The maximum atomic E-state index is 12.6. The molecule has 1 aromatic heterocycles. The van der Waals surface area contributed by atoms with Crippen molar-refractivity contribution in [3.8, 4) is 11.5 Å². The Balaban J connectivity index is 1.64. The van der Waals surface area contributed by atoms with Crippen molar-refractivity contribution in [3.05, 3.63) is 41.8 Å². The number of hydrogen-bond donors (Lipinski definition) is 1. The molecule has 0 bridgehead atoms. The highest BCUT2D eigenvalue weighted by Crippen LogP contribution is 2.22. The molecule has 3 rings (SSSR count). The summed E-state index contributed by atoms with van der Waals surface area (Å²) >= 11 is 0. The zero-order chi connectivity index (χ0) is 17.6. The van der Waals surface area contributed by atoms with Crippen molar-refractivity contribution in [2.24, 2.45) is 0 Å². The molecular formula is C19H25N3O3. The molecule has 0 spiro atoms. The van der Waals surface area contributed by atoms with Crippen molar-refractivity contribution in [1.29, 1.82) is 0 Å². The molecule has 1 atom stereocenters. The van der Waals surface area contributed by atoms with E-state index in [-0.39, 0.29) is 11.9 Å². The molecule has 6 heteroatoms. The molecule has 25 heavy (non-hydrogen) atoms. The molecule has 0 unspecified atom stereocenters. The fraction of sp³-hybridized carbons (Fsp3) is 0.474. The van der Waals surface area contributed by atoms with Crippen LogP contribution in [0.1, 0.15) is 29.1 Å². The number of nitrogens with one attached hydrogen (secondary N) is 1. The monoisotopic (exact) mass is 343 g/mol. The number of benzene rings is 1. The van der Waals surface area contributed by atoms with Gasteiger partial charge in [-0.2, -0.15) is 0 Å². The number of carbonyl (C=O) groups is 1. The van der Waals surface area contributed by atoms with E-state index in [0.29, 0.717) is 24.0 Å². The summed E-state index contributed by atoms with van der Waals surface area (Å²) in [7, 11) is 1.71. The molecule has 0 aliphatic carbocycles. The van der Waals surface area contributed by atoms with Gasteiger partial charge in [-0.1, -0.05) is 18.2 Å². The summed E-state index contributed by atoms with van der Waals surface area (Å²) in [5.41, 5.74) is 1.48. The van der Waals surface area contributed by atoms with Crippen LogP contribution in [0.15, 0.2) is 34.7 Å². The van der Waals surface area contributed by atoms with Crippen molar-refractivity contribution in [2.75, 3.05) is 33.4 Å². The van der Waals surface area contributed by atoms with Crippen molar-refractivity contribution in [1.82, 2.24) is 15.2 Å². The summed E-state index contributed by atoms with van der Waals surface area (Å²) < 4.78 is 10.9. The van der Waals surface area contributed by atoms with E-state index in [4.69, 9.17) is 9.15 Å². The summed E-state index contributed by atoms with van der Waals surface area (Å²) in [6, 6.07) is 9.74. The first-order valence-corrected chi connectivity index (χ1v) is 8.72. The Morgan fingerprint density at radius 2 is 2.20 bits per heavy atom. The Morgan fingerprint density at radius 3 is 2.96 bits per heavy atom. The lowest BCUT2D eigenvalue weighted by molar-refractivity contribution is 0.0853. The van der Waals surface area contributed by atoms with Gasteiger partial charge < -0.3 is 14.5 Å². The fourth-order valence-electron chi connectivity index (χ4n) is 3.16. The zero-order valence-electron chi connectivity index (χ0n) is 14.8. The number of likely N-dealkylation sites (tertiary alicyclic amines) is 1. The van der Waals surface area contributed by atoms with Crippen LogP contribution in [0.4, 0.5) is 0 Å². The molecule has 1 amide bonds. The number of hydrogen-bond acceptors (Lipinski definition) is 5. The van der Waals surface area contributed by atoms with E-state index in [1.807, 2.05) is 30.3 Å². The molecule has 1 N–H and O–H groups in total. The topological polar surface area (TPSA) is 67.6 Å². The highest BCUT2D eigenvalue weighted by atomic mass is 16.5. The van der Waals surface area contributed by atoms with E-state index in [1.54, 1.807) is 14.0 Å². The predicted molar refractivity (Wildman–Crippen MR) is 95.5 cm³/mol. The second kappa shape index (κ2) is 8.27. The molecule has 1 saturated heterocycles. The van der Waals surface area contributed by atoms with Crippen LogP contribution in [-0.4, -0.2) is 55.2 Å². The second-order valence-electron chi connectivity index (χ2n) is 6.41. The maximum Gasteiger partial charge on any atom is 0.289 e. The van der Waals surface area contributed by atoms with E-state index in [9.17, 15) is 4.79 Å². The van der Waals surface area contributed by atoms with Crippen LogP contribution in [0.25, 0.3) is 11.5 Å². The molecule has 2 aromatic rings. The third-order valence-corrected chi connectivity index (χ3v) is 4.48. The SMILES string of the molecule is COCCN1CCC[C@H](NC(=O)c2oc(-c3ccccc3)nc2C)C1. The minimum absolute atomic E-state index is 0.128. The van der Waals surface area contributed by atoms with Crippen LogP contribution in [0, 0.1) is 6.92 Å². The largest absolute Gasteiger partial charge is 0.431 e. The van der Waals surface area contributed by atoms with Gasteiger partial charge in [0.1, 0.15) is 0 Å². The summed E-state index contributed by atoms with van der Waals surface area (Å²) in [5.74, 6) is 0.590. The normalized spacial score (nSPS) is 18.2. The lowest BCUT2D eigenvalue weighted by atomic mass is 10.1. The molecule has 1 fully saturated rings. The lowest BCUT2D eigenvalue weighted by Crippen LogP contribution is -2.48. The number of aromatic nitrogens is 1. The summed E-state index contributed by atoms with van der Waals surface area (Å²) in [6.07, 6.45) is 2.05. The maximum absolute atomic E-state index is 12.6. The zero-order valence-corrected chi connectivity index (χ0v) is 14.8. The van der Waals surface area contributed by atoms with Crippen molar-refractivity contribution in [2.45, 2.75) is 25.8 Å². The first-order valence-electron chi connectivity index (χ1n) is 8.72. The van der Waals surface area contributed by atoms with Gasteiger partial charge in [0.2, 0.25) is 11.7 Å². The van der Waals surface area contributed by atoms with Crippen molar-refractivity contribution < 1.29 is 13.9 Å². The van der Waals surface area contributed by atoms with Crippen LogP contribution >= 0.6 is 0 Å². The lowest BCUT2D eigenvalue weighted by Gasteiger charge is -2.32. The molecule has 6 nitrogen and oxygen atoms in total. The minimum atomic E-state index is -0.189. The summed E-state index contributed by atoms with van der Waals surface area (Å²) in [6.45, 7) is 5.30. The van der Waals surface area contributed by atoms with E-state index in [2.05, 4.69) is 15.2 Å². The molecule has 0 saturated carbocycles. The van der Waals surface area contributed by atoms with Gasteiger partial charge in [0.05, 0.1) is 12.3 Å². The summed E-state index contributed by atoms with van der Waals surface area (Å²) in [4.78, 5) is 19.3. The number of methoxy groups -OCH3 is 1. The Morgan fingerprint density at radius 1 is 1.40 bits per heavy atom. The van der Waals surface area contributed by atoms with Gasteiger partial charge in [-0.3, -0.25) is 9.69 Å². The Hall–Kier alpha value is -2.18. The molecule has 2 heterocycles. The van der Waals surface area contributed by atoms with Gasteiger partial charge in [-0.15, -0.1) is 0 Å². The van der Waals surface area contributed by atoms with Gasteiger partial charge in [-0.25, -0.2) is 4.98 Å². The van der Waals surface area contributed by atoms with E-state index in [1.165, 1.54) is 0 Å². The average Bonchev–Trinajstić information content (AvgIpc) is 3.03. The van der Waals surface area contributed by atoms with E-state index >= 15 is 0 Å². The number of oxazole rings is 1. The number of ether oxygens (including phenoxy) is 1. The third-order valence-electron chi connectivity index (χ3n) is 4.48.